The Kier molecular flexibility index (Phi) is 9.93. The topological polar surface area (TPSA) is 22.9 Å². The number of fused-ring (bicyclic) bond motifs is 12. The third-order valence-electron chi connectivity index (χ3n) is 15.4. The molecule has 14 aromatic rings. The molecule has 356 valence electrons. The number of nitrogens with zero attached hydrogens (tertiary/aromatic N) is 3. The summed E-state index contributed by atoms with van der Waals surface area (Å²) in [7, 11) is 0. The predicted octanol–water partition coefficient (Wildman–Crippen LogP) is 21.0. The van der Waals surface area contributed by atoms with E-state index >= 15 is 0 Å². The molecule has 0 aliphatic heterocycles. The summed E-state index contributed by atoms with van der Waals surface area (Å²) in [6, 6.07) is 90.9. The van der Waals surface area contributed by atoms with Crippen LogP contribution in [0.5, 0.6) is 0 Å². The second kappa shape index (κ2) is 17.1. The van der Waals surface area contributed by atoms with Crippen molar-refractivity contribution < 1.29 is 4.42 Å². The molecule has 0 saturated heterocycles. The summed E-state index contributed by atoms with van der Waals surface area (Å²) in [5, 5.41) is 7.05. The fourth-order valence-electron chi connectivity index (χ4n) is 11.9. The molecule has 0 spiro atoms. The molecule has 0 bridgehead atoms. The Morgan fingerprint density at radius 3 is 1.37 bits per heavy atom. The zero-order valence-electron chi connectivity index (χ0n) is 41.2. The van der Waals surface area contributed by atoms with Crippen molar-refractivity contribution in [2.75, 3.05) is 14.7 Å². The second-order valence-corrected chi connectivity index (χ2v) is 22.3. The molecule has 1 aliphatic carbocycles. The molecule has 0 unspecified atom stereocenters. The van der Waals surface area contributed by atoms with Crippen molar-refractivity contribution in [3.63, 3.8) is 0 Å². The number of para-hydroxylation sites is 3. The van der Waals surface area contributed by atoms with E-state index in [1.54, 1.807) is 0 Å². The lowest BCUT2D eigenvalue weighted by Crippen LogP contribution is -2.15. The summed E-state index contributed by atoms with van der Waals surface area (Å²) >= 11 is 3.68. The van der Waals surface area contributed by atoms with Gasteiger partial charge in [0.05, 0.1) is 5.69 Å². The summed E-state index contributed by atoms with van der Waals surface area (Å²) in [6.45, 7) is 4.69. The number of hydrogen-bond donors (Lipinski definition) is 0. The van der Waals surface area contributed by atoms with E-state index in [2.05, 4.69) is 277 Å². The van der Waals surface area contributed by atoms with Gasteiger partial charge >= 0.3 is 0 Å². The highest BCUT2D eigenvalue weighted by Crippen LogP contribution is 2.53. The third kappa shape index (κ3) is 7.01. The van der Waals surface area contributed by atoms with Crippen molar-refractivity contribution in [1.82, 2.24) is 0 Å². The van der Waals surface area contributed by atoms with E-state index in [9.17, 15) is 0 Å². The molecule has 0 amide bonds. The second-order valence-electron chi connectivity index (χ2n) is 20.1. The molecule has 3 heterocycles. The minimum atomic E-state index is -0.0974. The largest absolute Gasteiger partial charge is 0.454 e. The Bertz CT molecular complexity index is 4540. The number of hydrogen-bond acceptors (Lipinski definition) is 6. The maximum Gasteiger partial charge on any atom is 0.159 e. The molecule has 6 heteroatoms. The fourth-order valence-corrected chi connectivity index (χ4v) is 14.0. The Morgan fingerprint density at radius 2 is 0.747 bits per heavy atom. The SMILES string of the molecule is CC1(C)c2ccccc2-c2cc(N(c3ccccc3)c3ccc4oc5c(N(c6ccccc6)c6ccc7sc8ccccc8c7c6)cc(N(c6ccccc6)c6ccc7sc8ccccc8c7c6)cc5c4c3)ccc21. The molecule has 0 atom stereocenters. The van der Waals surface area contributed by atoms with E-state index in [-0.39, 0.29) is 5.41 Å². The molecule has 0 fully saturated rings. The lowest BCUT2D eigenvalue weighted by atomic mass is 9.82. The average Bonchev–Trinajstić information content (AvgIpc) is 4.20. The first-order valence-corrected chi connectivity index (χ1v) is 27.2. The van der Waals surface area contributed by atoms with Gasteiger partial charge in [0.1, 0.15) is 5.58 Å². The smallest absolute Gasteiger partial charge is 0.159 e. The third-order valence-corrected chi connectivity index (χ3v) is 17.7. The normalized spacial score (nSPS) is 12.8. The Morgan fingerprint density at radius 1 is 0.307 bits per heavy atom. The van der Waals surface area contributed by atoms with E-state index in [1.807, 2.05) is 22.7 Å². The number of rotatable bonds is 9. The first-order valence-electron chi connectivity index (χ1n) is 25.6. The maximum atomic E-state index is 7.29. The number of thiophene rings is 2. The van der Waals surface area contributed by atoms with Crippen LogP contribution in [0.25, 0.3) is 73.4 Å². The highest BCUT2D eigenvalue weighted by molar-refractivity contribution is 7.26. The molecule has 15 rings (SSSR count). The lowest BCUT2D eigenvalue weighted by molar-refractivity contribution is 0.660. The molecule has 3 aromatic heterocycles. The quantitative estimate of drug-likeness (QED) is 0.144. The van der Waals surface area contributed by atoms with Gasteiger partial charge < -0.3 is 19.1 Å². The molecular weight excluding hydrogens is 951 g/mol. The fraction of sp³-hybridized carbons (Fsp3) is 0.0435. The Labute approximate surface area is 442 Å². The van der Waals surface area contributed by atoms with Gasteiger partial charge in [0.2, 0.25) is 0 Å². The van der Waals surface area contributed by atoms with Gasteiger partial charge in [-0.2, -0.15) is 0 Å². The summed E-state index contributed by atoms with van der Waals surface area (Å²) in [4.78, 5) is 7.20. The zero-order valence-corrected chi connectivity index (χ0v) is 42.9. The van der Waals surface area contributed by atoms with Crippen molar-refractivity contribution in [2.45, 2.75) is 19.3 Å². The summed E-state index contributed by atoms with van der Waals surface area (Å²) < 4.78 is 12.4. The van der Waals surface area contributed by atoms with Crippen LogP contribution in [0.3, 0.4) is 0 Å². The number of benzene rings is 11. The minimum Gasteiger partial charge on any atom is -0.454 e. The van der Waals surface area contributed by atoms with E-state index in [4.69, 9.17) is 4.42 Å². The van der Waals surface area contributed by atoms with Gasteiger partial charge in [-0.3, -0.25) is 0 Å². The number of furan rings is 1. The van der Waals surface area contributed by atoms with Crippen LogP contribution in [-0.4, -0.2) is 0 Å². The maximum absolute atomic E-state index is 7.29. The molecule has 75 heavy (non-hydrogen) atoms. The van der Waals surface area contributed by atoms with Crippen molar-refractivity contribution in [1.29, 1.82) is 0 Å². The Balaban J connectivity index is 0.998. The van der Waals surface area contributed by atoms with Crippen LogP contribution in [0, 0.1) is 0 Å². The summed E-state index contributed by atoms with van der Waals surface area (Å²) in [6.07, 6.45) is 0. The van der Waals surface area contributed by atoms with Gasteiger partial charge in [0.15, 0.2) is 5.58 Å². The molecular formula is C69H47N3OS2. The van der Waals surface area contributed by atoms with E-state index in [0.717, 1.165) is 73.1 Å². The minimum absolute atomic E-state index is 0.0974. The lowest BCUT2D eigenvalue weighted by Gasteiger charge is -2.30. The standard InChI is InChI=1S/C69H47N3OS2/c1-69(2)60-27-15-12-24-52(60)55-38-47(30-34-61(55)69)70(44-18-6-3-7-19-44)48-31-35-63-56(39-48)59-42-51(71(45-20-8-4-9-21-45)49-32-36-66-57(40-49)53-25-13-16-28-64(53)74-66)43-62(68(59)73-63)72(46-22-10-5-11-23-46)50-33-37-67-58(41-50)54-26-14-17-29-65(54)75-67/h3-43H,1-2H3. The predicted molar refractivity (Wildman–Crippen MR) is 321 cm³/mol. The van der Waals surface area contributed by atoms with Crippen molar-refractivity contribution in [3.05, 3.63) is 260 Å². The molecule has 1 aliphatic rings. The van der Waals surface area contributed by atoms with Crippen molar-refractivity contribution in [3.8, 4) is 11.1 Å². The summed E-state index contributed by atoms with van der Waals surface area (Å²) in [5.74, 6) is 0. The first kappa shape index (κ1) is 43.6. The molecule has 0 saturated carbocycles. The van der Waals surface area contributed by atoms with E-state index in [0.29, 0.717) is 0 Å². The van der Waals surface area contributed by atoms with Gasteiger partial charge in [0.25, 0.3) is 0 Å². The van der Waals surface area contributed by atoms with E-state index < -0.39 is 0 Å². The van der Waals surface area contributed by atoms with Crippen LogP contribution in [0.15, 0.2) is 253 Å². The monoisotopic (exact) mass is 997 g/mol. The van der Waals surface area contributed by atoms with Gasteiger partial charge in [0, 0.05) is 102 Å². The van der Waals surface area contributed by atoms with E-state index in [1.165, 1.54) is 62.6 Å². The molecule has 4 nitrogen and oxygen atoms in total. The average molecular weight is 998 g/mol. The highest BCUT2D eigenvalue weighted by atomic mass is 32.1. The van der Waals surface area contributed by atoms with Gasteiger partial charge in [-0.25, -0.2) is 0 Å². The van der Waals surface area contributed by atoms with Crippen LogP contribution >= 0.6 is 22.7 Å². The van der Waals surface area contributed by atoms with Crippen molar-refractivity contribution >= 4 is 136 Å². The van der Waals surface area contributed by atoms with Gasteiger partial charge in [-0.15, -0.1) is 22.7 Å². The zero-order chi connectivity index (χ0) is 49.8. The van der Waals surface area contributed by atoms with Gasteiger partial charge in [-0.1, -0.05) is 135 Å². The van der Waals surface area contributed by atoms with Crippen LogP contribution in [0.1, 0.15) is 25.0 Å². The first-order chi connectivity index (χ1) is 36.9. The molecule has 11 aromatic carbocycles. The van der Waals surface area contributed by atoms with Crippen LogP contribution in [0.2, 0.25) is 0 Å². The Hall–Kier alpha value is -8.94. The molecule has 0 N–H and O–H groups in total. The molecule has 0 radical (unpaired) electrons. The number of anilines is 9. The highest BCUT2D eigenvalue weighted by Gasteiger charge is 2.36. The van der Waals surface area contributed by atoms with Crippen LogP contribution < -0.4 is 14.7 Å². The van der Waals surface area contributed by atoms with Crippen LogP contribution in [-0.2, 0) is 5.41 Å². The van der Waals surface area contributed by atoms with Crippen LogP contribution in [0.4, 0.5) is 51.2 Å². The summed E-state index contributed by atoms with van der Waals surface area (Å²) in [5.41, 5.74) is 16.2. The van der Waals surface area contributed by atoms with Gasteiger partial charge in [-0.05, 0) is 150 Å². The van der Waals surface area contributed by atoms with Crippen molar-refractivity contribution in [2.24, 2.45) is 0 Å².